The molecule has 0 saturated carbocycles. The van der Waals surface area contributed by atoms with E-state index in [1.165, 1.54) is 20.4 Å². The van der Waals surface area contributed by atoms with E-state index in [2.05, 4.69) is 11.1 Å². The largest absolute Gasteiger partial charge is 0.494 e. The molecule has 0 fully saturated rings. The summed E-state index contributed by atoms with van der Waals surface area (Å²) in [6.07, 6.45) is 1.40. The molecule has 2 aromatic carbocycles. The fourth-order valence-electron chi connectivity index (χ4n) is 2.87. The van der Waals surface area contributed by atoms with Crippen LogP contribution >= 0.6 is 0 Å². The highest BCUT2D eigenvalue weighted by Gasteiger charge is 2.19. The predicted molar refractivity (Wildman–Crippen MR) is 101 cm³/mol. The molecular weight excluding hydrogens is 344 g/mol. The molecule has 0 aliphatic heterocycles. The second kappa shape index (κ2) is 7.75. The van der Waals surface area contributed by atoms with Crippen LogP contribution in [0.4, 0.5) is 0 Å². The number of hydrogen-bond donors (Lipinski definition) is 0. The third kappa shape index (κ3) is 3.40. The second-order valence-electron chi connectivity index (χ2n) is 5.68. The quantitative estimate of drug-likeness (QED) is 0.621. The third-order valence-corrected chi connectivity index (χ3v) is 4.13. The molecule has 0 atom stereocenters. The number of carbonyl (C=O) groups excluding carboxylic acids is 1. The fourth-order valence-corrected chi connectivity index (χ4v) is 2.87. The summed E-state index contributed by atoms with van der Waals surface area (Å²) in [6, 6.07) is 12.4. The fraction of sp³-hybridized carbons (Fsp3) is 0.190. The molecule has 0 bridgehead atoms. The first-order valence-electron chi connectivity index (χ1n) is 8.35. The number of fused-ring (bicyclic) bond motifs is 1. The molecule has 0 spiro atoms. The van der Waals surface area contributed by atoms with Crippen LogP contribution < -0.4 is 14.2 Å². The number of aromatic nitrogens is 1. The molecule has 0 unspecified atom stereocenters. The van der Waals surface area contributed by atoms with Crippen LogP contribution in [0.5, 0.6) is 17.2 Å². The van der Waals surface area contributed by atoms with Crippen LogP contribution in [-0.2, 0) is 0 Å². The number of ether oxygens (including phenoxy) is 3. The number of pyridine rings is 1. The van der Waals surface area contributed by atoms with Crippen LogP contribution in [0.15, 0.2) is 42.6 Å². The van der Waals surface area contributed by atoms with Crippen molar-refractivity contribution in [3.8, 4) is 23.3 Å². The summed E-state index contributed by atoms with van der Waals surface area (Å²) in [7, 11) is 3.03. The smallest absolute Gasteiger partial charge is 0.212 e. The molecule has 3 aromatic rings. The normalized spacial score (nSPS) is 10.3. The van der Waals surface area contributed by atoms with Gasteiger partial charge in [-0.2, -0.15) is 5.26 Å². The van der Waals surface area contributed by atoms with E-state index in [9.17, 15) is 10.1 Å². The monoisotopic (exact) mass is 362 g/mol. The van der Waals surface area contributed by atoms with Crippen molar-refractivity contribution in [1.82, 2.24) is 4.98 Å². The second-order valence-corrected chi connectivity index (χ2v) is 5.68. The number of benzene rings is 2. The van der Waals surface area contributed by atoms with Crippen molar-refractivity contribution in [3.05, 3.63) is 59.4 Å². The van der Waals surface area contributed by atoms with E-state index in [1.54, 1.807) is 36.4 Å². The lowest BCUT2D eigenvalue weighted by Gasteiger charge is -2.12. The van der Waals surface area contributed by atoms with Gasteiger partial charge in [0.1, 0.15) is 17.5 Å². The maximum Gasteiger partial charge on any atom is 0.212 e. The molecule has 0 amide bonds. The summed E-state index contributed by atoms with van der Waals surface area (Å²) in [4.78, 5) is 17.3. The molecule has 0 saturated heterocycles. The van der Waals surface area contributed by atoms with Crippen LogP contribution in [0.2, 0.25) is 0 Å². The van der Waals surface area contributed by atoms with Crippen LogP contribution in [0.25, 0.3) is 10.8 Å². The summed E-state index contributed by atoms with van der Waals surface area (Å²) in [5.41, 5.74) is 1.04. The zero-order valence-corrected chi connectivity index (χ0v) is 15.3. The molecule has 136 valence electrons. The average molecular weight is 362 g/mol. The van der Waals surface area contributed by atoms with Gasteiger partial charge >= 0.3 is 0 Å². The first kappa shape index (κ1) is 18.2. The Balaban J connectivity index is 2.21. The van der Waals surface area contributed by atoms with E-state index in [0.717, 1.165) is 0 Å². The Morgan fingerprint density at radius 1 is 1.11 bits per heavy atom. The number of carbonyl (C=O) groups is 1. The van der Waals surface area contributed by atoms with Gasteiger partial charge in [-0.15, -0.1) is 0 Å². The molecule has 27 heavy (non-hydrogen) atoms. The van der Waals surface area contributed by atoms with Gasteiger partial charge in [0.15, 0.2) is 11.5 Å². The van der Waals surface area contributed by atoms with Crippen molar-refractivity contribution < 1.29 is 19.0 Å². The van der Waals surface area contributed by atoms with E-state index in [0.29, 0.717) is 45.8 Å². The zero-order valence-electron chi connectivity index (χ0n) is 15.3. The molecule has 0 N–H and O–H groups in total. The van der Waals surface area contributed by atoms with Crippen molar-refractivity contribution in [3.63, 3.8) is 0 Å². The standard InChI is InChI=1S/C21H18N2O4/c1-4-27-15-7-5-6-13(8-15)21(24)20-17-10-19(26-3)18(25-2)9-16(17)14(11-22)12-23-20/h5-10,12H,4H2,1-3H3. The zero-order chi connectivity index (χ0) is 19.4. The van der Waals surface area contributed by atoms with E-state index in [4.69, 9.17) is 14.2 Å². The average Bonchev–Trinajstić information content (AvgIpc) is 2.71. The number of nitrogens with zero attached hydrogens (tertiary/aromatic N) is 2. The topological polar surface area (TPSA) is 81.4 Å². The molecule has 6 nitrogen and oxygen atoms in total. The van der Waals surface area contributed by atoms with Crippen molar-refractivity contribution in [2.45, 2.75) is 6.92 Å². The summed E-state index contributed by atoms with van der Waals surface area (Å²) in [6.45, 7) is 2.39. The Morgan fingerprint density at radius 2 is 1.81 bits per heavy atom. The lowest BCUT2D eigenvalue weighted by molar-refractivity contribution is 0.103. The summed E-state index contributed by atoms with van der Waals surface area (Å²) in [5.74, 6) is 1.28. The number of hydrogen-bond acceptors (Lipinski definition) is 6. The van der Waals surface area contributed by atoms with Crippen molar-refractivity contribution in [2.75, 3.05) is 20.8 Å². The van der Waals surface area contributed by atoms with E-state index < -0.39 is 0 Å². The van der Waals surface area contributed by atoms with Gasteiger partial charge in [-0.05, 0) is 31.2 Å². The van der Waals surface area contributed by atoms with Gasteiger partial charge in [0.05, 0.1) is 26.4 Å². The molecule has 0 aliphatic rings. The van der Waals surface area contributed by atoms with Gasteiger partial charge < -0.3 is 14.2 Å². The minimum atomic E-state index is -0.265. The Morgan fingerprint density at radius 3 is 2.44 bits per heavy atom. The van der Waals surface area contributed by atoms with Crippen LogP contribution in [0, 0.1) is 11.3 Å². The summed E-state index contributed by atoms with van der Waals surface area (Å²) < 4.78 is 16.1. The van der Waals surface area contributed by atoms with E-state index in [-0.39, 0.29) is 11.5 Å². The molecular formula is C21H18N2O4. The van der Waals surface area contributed by atoms with Gasteiger partial charge in [-0.3, -0.25) is 9.78 Å². The highest BCUT2D eigenvalue weighted by Crippen LogP contribution is 2.35. The first-order chi connectivity index (χ1) is 13.1. The van der Waals surface area contributed by atoms with Crippen molar-refractivity contribution in [1.29, 1.82) is 5.26 Å². The minimum absolute atomic E-state index is 0.235. The number of rotatable bonds is 6. The van der Waals surface area contributed by atoms with Gasteiger partial charge in [0.25, 0.3) is 0 Å². The van der Waals surface area contributed by atoms with E-state index >= 15 is 0 Å². The maximum atomic E-state index is 13.1. The lowest BCUT2D eigenvalue weighted by Crippen LogP contribution is -2.07. The molecule has 1 aromatic heterocycles. The third-order valence-electron chi connectivity index (χ3n) is 4.13. The van der Waals surface area contributed by atoms with Crippen LogP contribution in [0.3, 0.4) is 0 Å². The summed E-state index contributed by atoms with van der Waals surface area (Å²) in [5, 5.41) is 10.5. The molecule has 1 heterocycles. The Bertz CT molecular complexity index is 1050. The van der Waals surface area contributed by atoms with Crippen LogP contribution in [0.1, 0.15) is 28.5 Å². The van der Waals surface area contributed by atoms with Crippen LogP contribution in [-0.4, -0.2) is 31.6 Å². The number of nitriles is 1. The number of ketones is 1. The highest BCUT2D eigenvalue weighted by atomic mass is 16.5. The maximum absolute atomic E-state index is 13.1. The summed E-state index contributed by atoms with van der Waals surface area (Å²) >= 11 is 0. The lowest BCUT2D eigenvalue weighted by atomic mass is 9.99. The Labute approximate surface area is 156 Å². The Hall–Kier alpha value is -3.59. The highest BCUT2D eigenvalue weighted by molar-refractivity contribution is 6.16. The molecule has 6 heteroatoms. The first-order valence-corrected chi connectivity index (χ1v) is 8.35. The SMILES string of the molecule is CCOc1cccc(C(=O)c2ncc(C#N)c3cc(OC)c(OC)cc23)c1. The van der Waals surface area contributed by atoms with Gasteiger partial charge in [-0.1, -0.05) is 12.1 Å². The van der Waals surface area contributed by atoms with E-state index in [1.807, 2.05) is 6.92 Å². The van der Waals surface area contributed by atoms with Gasteiger partial charge in [-0.25, -0.2) is 0 Å². The van der Waals surface area contributed by atoms with Crippen molar-refractivity contribution in [2.24, 2.45) is 0 Å². The van der Waals surface area contributed by atoms with Crippen molar-refractivity contribution >= 4 is 16.6 Å². The Kier molecular flexibility index (Phi) is 5.23. The van der Waals surface area contributed by atoms with Gasteiger partial charge in [0, 0.05) is 22.5 Å². The molecule has 0 radical (unpaired) electrons. The van der Waals surface area contributed by atoms with Gasteiger partial charge in [0.2, 0.25) is 5.78 Å². The molecule has 3 rings (SSSR count). The predicted octanol–water partition coefficient (Wildman–Crippen LogP) is 3.75. The number of methoxy groups -OCH3 is 2. The molecule has 0 aliphatic carbocycles. The minimum Gasteiger partial charge on any atom is -0.494 e.